The highest BCUT2D eigenvalue weighted by Crippen LogP contribution is 2.15. The summed E-state index contributed by atoms with van der Waals surface area (Å²) in [6.07, 6.45) is 5.53. The topological polar surface area (TPSA) is 18.5 Å². The molecule has 0 amide bonds. The van der Waals surface area contributed by atoms with Crippen molar-refractivity contribution >= 4 is 5.57 Å². The lowest BCUT2D eigenvalue weighted by Crippen LogP contribution is -2.22. The Morgan fingerprint density at radius 2 is 2.18 bits per heavy atom. The fourth-order valence-corrected chi connectivity index (χ4v) is 1.94. The molecule has 1 unspecified atom stereocenters. The van der Waals surface area contributed by atoms with Gasteiger partial charge in [-0.05, 0) is 37.3 Å². The van der Waals surface area contributed by atoms with Gasteiger partial charge in [-0.3, -0.25) is 0 Å². The molecule has 2 rings (SSSR count). The SMILES string of the molecule is C/C(=C/COC1CCCCO1)c1ccccc1. The van der Waals surface area contributed by atoms with Crippen molar-refractivity contribution in [3.63, 3.8) is 0 Å². The molecule has 0 aliphatic carbocycles. The van der Waals surface area contributed by atoms with Gasteiger partial charge in [-0.1, -0.05) is 36.4 Å². The maximum Gasteiger partial charge on any atom is 0.157 e. The molecule has 17 heavy (non-hydrogen) atoms. The molecule has 1 saturated heterocycles. The molecule has 1 atom stereocenters. The number of hydrogen-bond donors (Lipinski definition) is 0. The molecule has 1 aromatic rings. The van der Waals surface area contributed by atoms with Crippen LogP contribution >= 0.6 is 0 Å². The Labute approximate surface area is 103 Å². The normalized spacial score (nSPS) is 21.5. The van der Waals surface area contributed by atoms with Crippen molar-refractivity contribution < 1.29 is 9.47 Å². The van der Waals surface area contributed by atoms with Gasteiger partial charge in [0.05, 0.1) is 6.61 Å². The summed E-state index contributed by atoms with van der Waals surface area (Å²) in [6.45, 7) is 3.58. The number of allylic oxidation sites excluding steroid dienone is 1. The van der Waals surface area contributed by atoms with E-state index in [9.17, 15) is 0 Å². The second-order valence-electron chi connectivity index (χ2n) is 4.38. The van der Waals surface area contributed by atoms with Crippen molar-refractivity contribution in [3.8, 4) is 0 Å². The zero-order valence-corrected chi connectivity index (χ0v) is 10.4. The van der Waals surface area contributed by atoms with Crippen LogP contribution in [0.1, 0.15) is 31.7 Å². The van der Waals surface area contributed by atoms with Crippen LogP contribution in [0.3, 0.4) is 0 Å². The minimum absolute atomic E-state index is 0.00331. The van der Waals surface area contributed by atoms with E-state index in [0.717, 1.165) is 13.0 Å². The third kappa shape index (κ3) is 3.99. The van der Waals surface area contributed by atoms with Crippen LogP contribution in [0, 0.1) is 0 Å². The van der Waals surface area contributed by atoms with E-state index in [-0.39, 0.29) is 6.29 Å². The molecule has 2 heteroatoms. The van der Waals surface area contributed by atoms with Gasteiger partial charge in [0.25, 0.3) is 0 Å². The van der Waals surface area contributed by atoms with Gasteiger partial charge in [0, 0.05) is 6.61 Å². The standard InChI is InChI=1S/C15H20O2/c1-13(14-7-3-2-4-8-14)10-12-17-15-9-5-6-11-16-15/h2-4,7-8,10,15H,5-6,9,11-12H2,1H3/b13-10-. The molecule has 0 bridgehead atoms. The van der Waals surface area contributed by atoms with Crippen LogP contribution in [0.25, 0.3) is 5.57 Å². The number of hydrogen-bond acceptors (Lipinski definition) is 2. The van der Waals surface area contributed by atoms with Gasteiger partial charge in [0.2, 0.25) is 0 Å². The van der Waals surface area contributed by atoms with Crippen molar-refractivity contribution in [2.45, 2.75) is 32.5 Å². The van der Waals surface area contributed by atoms with E-state index < -0.39 is 0 Å². The molecule has 1 fully saturated rings. The summed E-state index contributed by atoms with van der Waals surface area (Å²) in [5.74, 6) is 0. The molecule has 92 valence electrons. The summed E-state index contributed by atoms with van der Waals surface area (Å²) in [4.78, 5) is 0. The molecule has 0 saturated carbocycles. The molecular formula is C15H20O2. The Bertz CT molecular complexity index is 350. The first kappa shape index (κ1) is 12.3. The van der Waals surface area contributed by atoms with Crippen molar-refractivity contribution in [2.24, 2.45) is 0 Å². The first-order valence-corrected chi connectivity index (χ1v) is 6.31. The van der Waals surface area contributed by atoms with E-state index in [0.29, 0.717) is 6.61 Å². The lowest BCUT2D eigenvalue weighted by Gasteiger charge is -2.22. The molecule has 0 aromatic heterocycles. The smallest absolute Gasteiger partial charge is 0.157 e. The van der Waals surface area contributed by atoms with Crippen molar-refractivity contribution in [3.05, 3.63) is 42.0 Å². The highest BCUT2D eigenvalue weighted by molar-refractivity contribution is 5.63. The highest BCUT2D eigenvalue weighted by atomic mass is 16.7. The third-order valence-corrected chi connectivity index (χ3v) is 3.04. The zero-order valence-electron chi connectivity index (χ0n) is 10.4. The first-order valence-electron chi connectivity index (χ1n) is 6.31. The van der Waals surface area contributed by atoms with Crippen molar-refractivity contribution in [2.75, 3.05) is 13.2 Å². The Morgan fingerprint density at radius 3 is 2.88 bits per heavy atom. The van der Waals surface area contributed by atoms with Crippen LogP contribution in [0.15, 0.2) is 36.4 Å². The molecule has 2 nitrogen and oxygen atoms in total. The third-order valence-electron chi connectivity index (χ3n) is 3.04. The second kappa shape index (κ2) is 6.58. The predicted octanol–water partition coefficient (Wildman–Crippen LogP) is 3.63. The summed E-state index contributed by atoms with van der Waals surface area (Å²) >= 11 is 0. The van der Waals surface area contributed by atoms with Gasteiger partial charge >= 0.3 is 0 Å². The number of rotatable bonds is 4. The predicted molar refractivity (Wildman–Crippen MR) is 69.6 cm³/mol. The largest absolute Gasteiger partial charge is 0.353 e. The summed E-state index contributed by atoms with van der Waals surface area (Å²) < 4.78 is 11.2. The molecule has 0 N–H and O–H groups in total. The van der Waals surface area contributed by atoms with Gasteiger partial charge in [-0.15, -0.1) is 0 Å². The van der Waals surface area contributed by atoms with Crippen molar-refractivity contribution in [1.82, 2.24) is 0 Å². The lowest BCUT2D eigenvalue weighted by atomic mass is 10.1. The molecule has 1 aromatic carbocycles. The zero-order chi connectivity index (χ0) is 11.9. The van der Waals surface area contributed by atoms with E-state index in [4.69, 9.17) is 9.47 Å². The molecule has 1 aliphatic heterocycles. The van der Waals surface area contributed by atoms with Gasteiger partial charge in [0.15, 0.2) is 6.29 Å². The molecule has 0 spiro atoms. The Kier molecular flexibility index (Phi) is 4.77. The monoisotopic (exact) mass is 232 g/mol. The summed E-state index contributed by atoms with van der Waals surface area (Å²) in [6, 6.07) is 10.4. The van der Waals surface area contributed by atoms with Crippen LogP contribution in [0.2, 0.25) is 0 Å². The first-order chi connectivity index (χ1) is 8.36. The second-order valence-corrected chi connectivity index (χ2v) is 4.38. The fraction of sp³-hybridized carbons (Fsp3) is 0.467. The van der Waals surface area contributed by atoms with Crippen LogP contribution in [0.5, 0.6) is 0 Å². The molecule has 1 heterocycles. The minimum atomic E-state index is 0.00331. The lowest BCUT2D eigenvalue weighted by molar-refractivity contribution is -0.155. The molecule has 1 aliphatic rings. The van der Waals surface area contributed by atoms with Gasteiger partial charge < -0.3 is 9.47 Å². The van der Waals surface area contributed by atoms with Crippen LogP contribution < -0.4 is 0 Å². The maximum absolute atomic E-state index is 5.68. The van der Waals surface area contributed by atoms with Gasteiger partial charge in [0.1, 0.15) is 0 Å². The Hall–Kier alpha value is -1.12. The highest BCUT2D eigenvalue weighted by Gasteiger charge is 2.12. The van der Waals surface area contributed by atoms with Gasteiger partial charge in [-0.25, -0.2) is 0 Å². The van der Waals surface area contributed by atoms with Crippen LogP contribution in [-0.2, 0) is 9.47 Å². The maximum atomic E-state index is 5.68. The molecule has 0 radical (unpaired) electrons. The Morgan fingerprint density at radius 1 is 1.35 bits per heavy atom. The summed E-state index contributed by atoms with van der Waals surface area (Å²) in [5, 5.41) is 0. The minimum Gasteiger partial charge on any atom is -0.353 e. The average molecular weight is 232 g/mol. The van der Waals surface area contributed by atoms with E-state index in [1.807, 2.05) is 6.07 Å². The quantitative estimate of drug-likeness (QED) is 0.789. The van der Waals surface area contributed by atoms with E-state index >= 15 is 0 Å². The van der Waals surface area contributed by atoms with E-state index in [1.165, 1.54) is 24.0 Å². The van der Waals surface area contributed by atoms with Crippen LogP contribution in [-0.4, -0.2) is 19.5 Å². The van der Waals surface area contributed by atoms with Crippen molar-refractivity contribution in [1.29, 1.82) is 0 Å². The van der Waals surface area contributed by atoms with Crippen LogP contribution in [0.4, 0.5) is 0 Å². The molecular weight excluding hydrogens is 212 g/mol. The summed E-state index contributed by atoms with van der Waals surface area (Å²) in [7, 11) is 0. The number of benzene rings is 1. The average Bonchev–Trinajstić information content (AvgIpc) is 2.41. The van der Waals surface area contributed by atoms with E-state index in [1.54, 1.807) is 0 Å². The number of ether oxygens (including phenoxy) is 2. The van der Waals surface area contributed by atoms with Gasteiger partial charge in [-0.2, -0.15) is 0 Å². The van der Waals surface area contributed by atoms with E-state index in [2.05, 4.69) is 37.3 Å². The fourth-order valence-electron chi connectivity index (χ4n) is 1.94. The Balaban J connectivity index is 1.80. The summed E-state index contributed by atoms with van der Waals surface area (Å²) in [5.41, 5.74) is 2.50.